The highest BCUT2D eigenvalue weighted by atomic mass is 32.2. The molecule has 1 aliphatic heterocycles. The van der Waals surface area contributed by atoms with E-state index in [9.17, 15) is 13.2 Å². The van der Waals surface area contributed by atoms with Gasteiger partial charge in [0.05, 0.1) is 11.5 Å². The van der Waals surface area contributed by atoms with Gasteiger partial charge in [-0.3, -0.25) is 0 Å². The summed E-state index contributed by atoms with van der Waals surface area (Å²) in [5.74, 6) is 0.841. The average molecular weight is 318 g/mol. The van der Waals surface area contributed by atoms with Crippen molar-refractivity contribution in [3.05, 3.63) is 12.4 Å². The number of aryl methyl sites for hydroxylation is 1. The first kappa shape index (κ1) is 15.2. The summed E-state index contributed by atoms with van der Waals surface area (Å²) in [5, 5.41) is 3.70. The molecule has 7 nitrogen and oxygen atoms in total. The SMILES string of the molecule is Cn1ccnc1SCCNC(=O)N1CCS(=O)(=O)CC1. The number of carbonyl (C=O) groups is 1. The molecular formula is C11H18N4O3S2. The summed E-state index contributed by atoms with van der Waals surface area (Å²) < 4.78 is 24.5. The Morgan fingerprint density at radius 1 is 1.45 bits per heavy atom. The highest BCUT2D eigenvalue weighted by Gasteiger charge is 2.24. The number of hydrogen-bond acceptors (Lipinski definition) is 5. The van der Waals surface area contributed by atoms with E-state index in [-0.39, 0.29) is 30.6 Å². The molecule has 9 heteroatoms. The molecule has 112 valence electrons. The molecule has 2 amide bonds. The number of amides is 2. The van der Waals surface area contributed by atoms with Crippen molar-refractivity contribution in [3.8, 4) is 0 Å². The van der Waals surface area contributed by atoms with E-state index in [2.05, 4.69) is 10.3 Å². The second kappa shape index (κ2) is 6.49. The summed E-state index contributed by atoms with van der Waals surface area (Å²) in [5.41, 5.74) is 0. The van der Waals surface area contributed by atoms with Crippen molar-refractivity contribution in [2.45, 2.75) is 5.16 Å². The van der Waals surface area contributed by atoms with Gasteiger partial charge in [-0.15, -0.1) is 0 Å². The van der Waals surface area contributed by atoms with Crippen LogP contribution in [0.4, 0.5) is 4.79 Å². The monoisotopic (exact) mass is 318 g/mol. The molecule has 0 radical (unpaired) electrons. The Balaban J connectivity index is 1.67. The molecule has 1 saturated heterocycles. The van der Waals surface area contributed by atoms with Crippen LogP contribution in [0, 0.1) is 0 Å². The van der Waals surface area contributed by atoms with Gasteiger partial charge in [0.15, 0.2) is 15.0 Å². The summed E-state index contributed by atoms with van der Waals surface area (Å²) in [6.45, 7) is 1.08. The van der Waals surface area contributed by atoms with Crippen molar-refractivity contribution in [1.82, 2.24) is 19.8 Å². The normalized spacial score (nSPS) is 17.9. The van der Waals surface area contributed by atoms with E-state index in [0.29, 0.717) is 6.54 Å². The predicted octanol–water partition coefficient (Wildman–Crippen LogP) is -0.0478. The zero-order valence-corrected chi connectivity index (χ0v) is 12.9. The van der Waals surface area contributed by atoms with Gasteiger partial charge in [-0.05, 0) is 0 Å². The molecule has 0 atom stereocenters. The minimum atomic E-state index is -2.95. The first-order chi connectivity index (χ1) is 9.48. The van der Waals surface area contributed by atoms with Crippen molar-refractivity contribution in [2.24, 2.45) is 7.05 Å². The Kier molecular flexibility index (Phi) is 4.92. The van der Waals surface area contributed by atoms with Gasteiger partial charge in [0.1, 0.15) is 0 Å². The van der Waals surface area contributed by atoms with Crippen LogP contribution in [0.25, 0.3) is 0 Å². The Morgan fingerprint density at radius 3 is 2.75 bits per heavy atom. The van der Waals surface area contributed by atoms with Crippen LogP contribution in [0.1, 0.15) is 0 Å². The quantitative estimate of drug-likeness (QED) is 0.622. The number of imidazole rings is 1. The van der Waals surface area contributed by atoms with Crippen molar-refractivity contribution in [1.29, 1.82) is 0 Å². The second-order valence-corrected chi connectivity index (χ2v) is 7.91. The van der Waals surface area contributed by atoms with E-state index in [1.54, 1.807) is 22.9 Å². The van der Waals surface area contributed by atoms with Gasteiger partial charge in [0, 0.05) is 44.8 Å². The van der Waals surface area contributed by atoms with Gasteiger partial charge in [-0.2, -0.15) is 0 Å². The highest BCUT2D eigenvalue weighted by molar-refractivity contribution is 7.99. The van der Waals surface area contributed by atoms with E-state index in [4.69, 9.17) is 0 Å². The van der Waals surface area contributed by atoms with Crippen LogP contribution in [0.2, 0.25) is 0 Å². The minimum absolute atomic E-state index is 0.0580. The number of sulfone groups is 1. The van der Waals surface area contributed by atoms with Crippen LogP contribution in [0.3, 0.4) is 0 Å². The number of nitrogens with one attached hydrogen (secondary N) is 1. The topological polar surface area (TPSA) is 84.3 Å². The third-order valence-corrected chi connectivity index (χ3v) is 5.69. The van der Waals surface area contributed by atoms with Crippen LogP contribution >= 0.6 is 11.8 Å². The zero-order chi connectivity index (χ0) is 14.6. The number of nitrogens with zero attached hydrogens (tertiary/aromatic N) is 3. The first-order valence-electron chi connectivity index (χ1n) is 6.31. The molecule has 1 aromatic heterocycles. The van der Waals surface area contributed by atoms with E-state index in [1.807, 2.05) is 17.8 Å². The molecule has 20 heavy (non-hydrogen) atoms. The Labute approximate surface area is 122 Å². The number of hydrogen-bond donors (Lipinski definition) is 1. The Bertz CT molecular complexity index is 556. The number of thioether (sulfide) groups is 1. The lowest BCUT2D eigenvalue weighted by atomic mass is 10.5. The van der Waals surface area contributed by atoms with Gasteiger partial charge in [0.25, 0.3) is 0 Å². The van der Waals surface area contributed by atoms with Gasteiger partial charge >= 0.3 is 6.03 Å². The smallest absolute Gasteiger partial charge is 0.317 e. The molecule has 2 rings (SSSR count). The van der Waals surface area contributed by atoms with Crippen molar-refractivity contribution in [3.63, 3.8) is 0 Å². The molecule has 1 aromatic rings. The summed E-state index contributed by atoms with van der Waals surface area (Å²) in [6, 6.07) is -0.194. The first-order valence-corrected chi connectivity index (χ1v) is 9.12. The number of urea groups is 1. The molecule has 0 aromatic carbocycles. The lowest BCUT2D eigenvalue weighted by Crippen LogP contribution is -2.48. The van der Waals surface area contributed by atoms with Crippen molar-refractivity contribution >= 4 is 27.6 Å². The number of aromatic nitrogens is 2. The molecular weight excluding hydrogens is 300 g/mol. The van der Waals surface area contributed by atoms with Gasteiger partial charge < -0.3 is 14.8 Å². The summed E-state index contributed by atoms with van der Waals surface area (Å²) in [7, 11) is -1.03. The molecule has 1 aliphatic rings. The van der Waals surface area contributed by atoms with Crippen LogP contribution in [-0.2, 0) is 16.9 Å². The molecule has 1 fully saturated rings. The Hall–Kier alpha value is -1.22. The molecule has 0 unspecified atom stereocenters. The van der Waals surface area contributed by atoms with Gasteiger partial charge in [0.2, 0.25) is 0 Å². The second-order valence-electron chi connectivity index (χ2n) is 4.54. The molecule has 0 bridgehead atoms. The van der Waals surface area contributed by atoms with Gasteiger partial charge in [-0.25, -0.2) is 18.2 Å². The molecule has 0 spiro atoms. The largest absolute Gasteiger partial charge is 0.337 e. The molecule has 0 saturated carbocycles. The average Bonchev–Trinajstić information content (AvgIpc) is 2.80. The standard InChI is InChI=1S/C11H18N4O3S2/c1-14-4-2-13-11(14)19-7-3-12-10(16)15-5-8-20(17,18)9-6-15/h2,4H,3,5-9H2,1H3,(H,12,16). The maximum absolute atomic E-state index is 11.8. The van der Waals surface area contributed by atoms with E-state index in [1.165, 1.54) is 0 Å². The number of carbonyl (C=O) groups excluding carboxylic acids is 1. The van der Waals surface area contributed by atoms with Crippen molar-refractivity contribution < 1.29 is 13.2 Å². The maximum atomic E-state index is 11.8. The third-order valence-electron chi connectivity index (χ3n) is 3.02. The van der Waals surface area contributed by atoms with Gasteiger partial charge in [-0.1, -0.05) is 11.8 Å². The maximum Gasteiger partial charge on any atom is 0.317 e. The van der Waals surface area contributed by atoms with E-state index in [0.717, 1.165) is 10.9 Å². The molecule has 1 N–H and O–H groups in total. The van der Waals surface area contributed by atoms with Crippen LogP contribution in [0.5, 0.6) is 0 Å². The lowest BCUT2D eigenvalue weighted by Gasteiger charge is -2.26. The minimum Gasteiger partial charge on any atom is -0.337 e. The fraction of sp³-hybridized carbons (Fsp3) is 0.636. The lowest BCUT2D eigenvalue weighted by molar-refractivity contribution is 0.203. The van der Waals surface area contributed by atoms with Crippen LogP contribution in [0.15, 0.2) is 17.6 Å². The van der Waals surface area contributed by atoms with Crippen LogP contribution < -0.4 is 5.32 Å². The highest BCUT2D eigenvalue weighted by Crippen LogP contribution is 2.13. The summed E-state index contributed by atoms with van der Waals surface area (Å²) in [4.78, 5) is 17.5. The predicted molar refractivity (Wildman–Crippen MR) is 77.6 cm³/mol. The summed E-state index contributed by atoms with van der Waals surface area (Å²) >= 11 is 1.56. The third kappa shape index (κ3) is 4.14. The van der Waals surface area contributed by atoms with E-state index >= 15 is 0 Å². The fourth-order valence-corrected chi connectivity index (χ4v) is 3.81. The molecule has 0 aliphatic carbocycles. The summed E-state index contributed by atoms with van der Waals surface area (Å²) in [6.07, 6.45) is 3.60. The van der Waals surface area contributed by atoms with E-state index < -0.39 is 9.84 Å². The zero-order valence-electron chi connectivity index (χ0n) is 11.3. The Morgan fingerprint density at radius 2 is 2.15 bits per heavy atom. The molecule has 2 heterocycles. The van der Waals surface area contributed by atoms with Crippen LogP contribution in [-0.4, -0.2) is 65.8 Å². The van der Waals surface area contributed by atoms with Crippen molar-refractivity contribution in [2.75, 3.05) is 36.9 Å². The fourth-order valence-electron chi connectivity index (χ4n) is 1.82. The number of rotatable bonds is 4.